The Morgan fingerprint density at radius 2 is 2.00 bits per heavy atom. The van der Waals surface area contributed by atoms with Crippen molar-refractivity contribution < 1.29 is 0 Å². The molecule has 0 amide bonds. The molecule has 0 bridgehead atoms. The molecule has 1 aliphatic rings. The van der Waals surface area contributed by atoms with Crippen LogP contribution in [0.15, 0.2) is 6.20 Å². The Balaban J connectivity index is 1.99. The van der Waals surface area contributed by atoms with Gasteiger partial charge in [-0.05, 0) is 19.9 Å². The zero-order valence-corrected chi connectivity index (χ0v) is 11.9. The van der Waals surface area contributed by atoms with E-state index >= 15 is 0 Å². The minimum Gasteiger partial charge on any atom is -0.338 e. The molecule has 18 heavy (non-hydrogen) atoms. The summed E-state index contributed by atoms with van der Waals surface area (Å²) in [7, 11) is 0. The molecular formula is C13H21ClN4. The molecule has 2 heterocycles. The van der Waals surface area contributed by atoms with Crippen LogP contribution in [0.2, 0.25) is 0 Å². The lowest BCUT2D eigenvalue weighted by Crippen LogP contribution is -2.47. The third-order valence-electron chi connectivity index (χ3n) is 3.41. The van der Waals surface area contributed by atoms with Gasteiger partial charge in [0.25, 0.3) is 0 Å². The van der Waals surface area contributed by atoms with Crippen molar-refractivity contribution in [3.8, 4) is 0 Å². The standard InChI is InChI=1S/C13H21ClN4/c1-3-4-17-5-7-18(8-6-17)13-15-10-12(9-14)11(2)16-13/h10H,3-9H2,1-2H3. The van der Waals surface area contributed by atoms with E-state index in [0.29, 0.717) is 5.88 Å². The quantitative estimate of drug-likeness (QED) is 0.783. The number of rotatable bonds is 4. The second-order valence-corrected chi connectivity index (χ2v) is 5.01. The monoisotopic (exact) mass is 268 g/mol. The predicted molar refractivity (Wildman–Crippen MR) is 75.3 cm³/mol. The molecule has 1 aromatic heterocycles. The van der Waals surface area contributed by atoms with Gasteiger partial charge in [0.15, 0.2) is 0 Å². The molecule has 0 N–H and O–H groups in total. The van der Waals surface area contributed by atoms with E-state index in [2.05, 4.69) is 26.7 Å². The van der Waals surface area contributed by atoms with Crippen LogP contribution in [0.5, 0.6) is 0 Å². The highest BCUT2D eigenvalue weighted by molar-refractivity contribution is 6.17. The lowest BCUT2D eigenvalue weighted by Gasteiger charge is -2.34. The highest BCUT2D eigenvalue weighted by atomic mass is 35.5. The zero-order valence-electron chi connectivity index (χ0n) is 11.2. The summed E-state index contributed by atoms with van der Waals surface area (Å²) in [6, 6.07) is 0. The lowest BCUT2D eigenvalue weighted by atomic mass is 10.2. The summed E-state index contributed by atoms with van der Waals surface area (Å²) in [5.41, 5.74) is 2.01. The number of aromatic nitrogens is 2. The largest absolute Gasteiger partial charge is 0.338 e. The van der Waals surface area contributed by atoms with E-state index in [-0.39, 0.29) is 0 Å². The van der Waals surface area contributed by atoms with Gasteiger partial charge in [0.1, 0.15) is 0 Å². The van der Waals surface area contributed by atoms with Gasteiger partial charge in [-0.3, -0.25) is 4.90 Å². The van der Waals surface area contributed by atoms with Crippen LogP contribution in [-0.4, -0.2) is 47.6 Å². The average Bonchev–Trinajstić information content (AvgIpc) is 2.40. The maximum absolute atomic E-state index is 5.82. The van der Waals surface area contributed by atoms with Crippen LogP contribution in [0.3, 0.4) is 0 Å². The first-order valence-electron chi connectivity index (χ1n) is 6.60. The van der Waals surface area contributed by atoms with Crippen molar-refractivity contribution in [3.63, 3.8) is 0 Å². The van der Waals surface area contributed by atoms with Crippen LogP contribution in [0.4, 0.5) is 5.95 Å². The Bertz CT molecular complexity index is 389. The van der Waals surface area contributed by atoms with Crippen molar-refractivity contribution in [1.29, 1.82) is 0 Å². The summed E-state index contributed by atoms with van der Waals surface area (Å²) in [6.45, 7) is 9.65. The van der Waals surface area contributed by atoms with Crippen LogP contribution in [0.1, 0.15) is 24.6 Å². The molecule has 0 aromatic carbocycles. The number of piperazine rings is 1. The van der Waals surface area contributed by atoms with E-state index in [9.17, 15) is 0 Å². The van der Waals surface area contributed by atoms with E-state index in [1.807, 2.05) is 13.1 Å². The normalized spacial score (nSPS) is 17.2. The van der Waals surface area contributed by atoms with E-state index in [4.69, 9.17) is 11.6 Å². The van der Waals surface area contributed by atoms with Crippen molar-refractivity contribution in [1.82, 2.24) is 14.9 Å². The van der Waals surface area contributed by atoms with E-state index in [1.165, 1.54) is 13.0 Å². The fourth-order valence-electron chi connectivity index (χ4n) is 2.25. The van der Waals surface area contributed by atoms with Crippen molar-refractivity contribution in [2.75, 3.05) is 37.6 Å². The molecule has 1 aliphatic heterocycles. The fourth-order valence-corrected chi connectivity index (χ4v) is 2.51. The molecule has 0 unspecified atom stereocenters. The van der Waals surface area contributed by atoms with Crippen LogP contribution in [0, 0.1) is 6.92 Å². The summed E-state index contributed by atoms with van der Waals surface area (Å²) < 4.78 is 0. The van der Waals surface area contributed by atoms with E-state index in [0.717, 1.165) is 43.4 Å². The highest BCUT2D eigenvalue weighted by Gasteiger charge is 2.18. The number of alkyl halides is 1. The number of nitrogens with zero attached hydrogens (tertiary/aromatic N) is 4. The van der Waals surface area contributed by atoms with Gasteiger partial charge in [0.05, 0.1) is 5.88 Å². The molecule has 5 heteroatoms. The minimum atomic E-state index is 0.483. The SMILES string of the molecule is CCCN1CCN(c2ncc(CCl)c(C)n2)CC1. The molecule has 2 rings (SSSR count). The van der Waals surface area contributed by atoms with Crippen molar-refractivity contribution >= 4 is 17.5 Å². The first-order valence-corrected chi connectivity index (χ1v) is 7.13. The van der Waals surface area contributed by atoms with Crippen molar-refractivity contribution in [2.24, 2.45) is 0 Å². The van der Waals surface area contributed by atoms with Gasteiger partial charge in [0.2, 0.25) is 5.95 Å². The van der Waals surface area contributed by atoms with Gasteiger partial charge in [0, 0.05) is 43.6 Å². The molecule has 1 saturated heterocycles. The fraction of sp³-hybridized carbons (Fsp3) is 0.692. The van der Waals surface area contributed by atoms with Gasteiger partial charge in [-0.1, -0.05) is 6.92 Å². The molecule has 0 saturated carbocycles. The van der Waals surface area contributed by atoms with E-state index in [1.54, 1.807) is 0 Å². The number of hydrogen-bond acceptors (Lipinski definition) is 4. The van der Waals surface area contributed by atoms with Gasteiger partial charge in [-0.2, -0.15) is 0 Å². The molecule has 0 spiro atoms. The Hall–Kier alpha value is -0.870. The van der Waals surface area contributed by atoms with Crippen molar-refractivity contribution in [3.05, 3.63) is 17.5 Å². The molecule has 0 aliphatic carbocycles. The molecule has 0 atom stereocenters. The van der Waals surface area contributed by atoms with E-state index < -0.39 is 0 Å². The summed E-state index contributed by atoms with van der Waals surface area (Å²) in [6.07, 6.45) is 3.07. The van der Waals surface area contributed by atoms with Gasteiger partial charge >= 0.3 is 0 Å². The molecule has 0 radical (unpaired) electrons. The first kappa shape index (κ1) is 13.6. The minimum absolute atomic E-state index is 0.483. The molecule has 100 valence electrons. The van der Waals surface area contributed by atoms with Crippen LogP contribution < -0.4 is 4.90 Å². The molecular weight excluding hydrogens is 248 g/mol. The Labute approximate surface area is 114 Å². The van der Waals surface area contributed by atoms with Crippen LogP contribution in [-0.2, 0) is 5.88 Å². The lowest BCUT2D eigenvalue weighted by molar-refractivity contribution is 0.257. The topological polar surface area (TPSA) is 32.3 Å². The second-order valence-electron chi connectivity index (χ2n) is 4.74. The van der Waals surface area contributed by atoms with Gasteiger partial charge in [-0.25, -0.2) is 9.97 Å². The Kier molecular flexibility index (Phi) is 4.78. The highest BCUT2D eigenvalue weighted by Crippen LogP contribution is 2.14. The summed E-state index contributed by atoms with van der Waals surface area (Å²) in [4.78, 5) is 13.7. The summed E-state index contributed by atoms with van der Waals surface area (Å²) in [5, 5.41) is 0. The second kappa shape index (κ2) is 6.34. The van der Waals surface area contributed by atoms with Crippen molar-refractivity contribution in [2.45, 2.75) is 26.1 Å². The number of anilines is 1. The summed E-state index contributed by atoms with van der Waals surface area (Å²) >= 11 is 5.82. The van der Waals surface area contributed by atoms with Crippen LogP contribution >= 0.6 is 11.6 Å². The number of aryl methyl sites for hydroxylation is 1. The Morgan fingerprint density at radius 1 is 1.28 bits per heavy atom. The number of hydrogen-bond donors (Lipinski definition) is 0. The average molecular weight is 269 g/mol. The maximum Gasteiger partial charge on any atom is 0.225 e. The van der Waals surface area contributed by atoms with Crippen LogP contribution in [0.25, 0.3) is 0 Å². The summed E-state index contributed by atoms with van der Waals surface area (Å²) in [5.74, 6) is 1.33. The predicted octanol–water partition coefficient (Wildman–Crippen LogP) is 2.06. The molecule has 1 aromatic rings. The third-order valence-corrected chi connectivity index (χ3v) is 3.70. The third kappa shape index (κ3) is 3.12. The first-order chi connectivity index (χ1) is 8.74. The molecule has 4 nitrogen and oxygen atoms in total. The molecule has 1 fully saturated rings. The number of halogens is 1. The zero-order chi connectivity index (χ0) is 13.0. The smallest absolute Gasteiger partial charge is 0.225 e. The van der Waals surface area contributed by atoms with Gasteiger partial charge < -0.3 is 4.90 Å². The van der Waals surface area contributed by atoms with Gasteiger partial charge in [-0.15, -0.1) is 11.6 Å². The Morgan fingerprint density at radius 3 is 2.56 bits per heavy atom. The maximum atomic E-state index is 5.82.